The first kappa shape index (κ1) is 9.40. The predicted molar refractivity (Wildman–Crippen MR) is 51.1 cm³/mol. The molecule has 0 aliphatic carbocycles. The van der Waals surface area contributed by atoms with Crippen LogP contribution < -0.4 is 0 Å². The molecule has 0 aromatic carbocycles. The largest absolute Gasteiger partial charge is 0.381 e. The fourth-order valence-electron chi connectivity index (χ4n) is 1.39. The van der Waals surface area contributed by atoms with Crippen LogP contribution in [0.1, 0.15) is 20.3 Å². The van der Waals surface area contributed by atoms with E-state index in [1.165, 1.54) is 17.9 Å². The van der Waals surface area contributed by atoms with Gasteiger partial charge < -0.3 is 4.74 Å². The van der Waals surface area contributed by atoms with E-state index >= 15 is 0 Å². The highest BCUT2D eigenvalue weighted by Gasteiger charge is 2.20. The van der Waals surface area contributed by atoms with Gasteiger partial charge in [-0.15, -0.1) is 0 Å². The molecule has 2 atom stereocenters. The van der Waals surface area contributed by atoms with E-state index < -0.39 is 0 Å². The Morgan fingerprint density at radius 3 is 3.00 bits per heavy atom. The first-order valence-corrected chi connectivity index (χ1v) is 5.65. The Morgan fingerprint density at radius 2 is 2.36 bits per heavy atom. The van der Waals surface area contributed by atoms with Crippen molar-refractivity contribution in [3.63, 3.8) is 0 Å². The topological polar surface area (TPSA) is 9.23 Å². The van der Waals surface area contributed by atoms with E-state index in [9.17, 15) is 0 Å². The molecule has 0 saturated carbocycles. The van der Waals surface area contributed by atoms with Crippen LogP contribution in [-0.4, -0.2) is 24.7 Å². The van der Waals surface area contributed by atoms with Crippen molar-refractivity contribution in [3.05, 3.63) is 0 Å². The standard InChI is InChI=1S/C9H18OS/c1-3-11-7-9-6-10-5-4-8(9)2/h8-9H,3-7H2,1-2H3/t8-,9?/m0/s1. The second kappa shape index (κ2) is 5.04. The Labute approximate surface area is 73.9 Å². The van der Waals surface area contributed by atoms with Crippen molar-refractivity contribution in [2.24, 2.45) is 11.8 Å². The minimum absolute atomic E-state index is 0.814. The Kier molecular flexibility index (Phi) is 4.31. The Morgan fingerprint density at radius 1 is 1.55 bits per heavy atom. The van der Waals surface area contributed by atoms with Gasteiger partial charge in [-0.1, -0.05) is 13.8 Å². The van der Waals surface area contributed by atoms with Crippen LogP contribution >= 0.6 is 11.8 Å². The second-order valence-corrected chi connectivity index (χ2v) is 4.58. The highest BCUT2D eigenvalue weighted by molar-refractivity contribution is 7.99. The zero-order chi connectivity index (χ0) is 8.10. The molecule has 0 aromatic heterocycles. The molecule has 0 bridgehead atoms. The minimum atomic E-state index is 0.814. The van der Waals surface area contributed by atoms with Crippen molar-refractivity contribution in [1.29, 1.82) is 0 Å². The van der Waals surface area contributed by atoms with E-state index in [1.54, 1.807) is 0 Å². The molecule has 1 heterocycles. The maximum Gasteiger partial charge on any atom is 0.0504 e. The minimum Gasteiger partial charge on any atom is -0.381 e. The van der Waals surface area contributed by atoms with Crippen LogP contribution in [-0.2, 0) is 4.74 Å². The van der Waals surface area contributed by atoms with Crippen LogP contribution in [0.15, 0.2) is 0 Å². The molecule has 1 aliphatic heterocycles. The molecule has 0 radical (unpaired) electrons. The zero-order valence-electron chi connectivity index (χ0n) is 7.51. The van der Waals surface area contributed by atoms with Crippen LogP contribution in [0.3, 0.4) is 0 Å². The van der Waals surface area contributed by atoms with Gasteiger partial charge in [-0.2, -0.15) is 11.8 Å². The van der Waals surface area contributed by atoms with Crippen molar-refractivity contribution in [2.75, 3.05) is 24.7 Å². The maximum atomic E-state index is 5.44. The lowest BCUT2D eigenvalue weighted by molar-refractivity contribution is 0.0322. The number of rotatable bonds is 3. The molecular formula is C9H18OS. The first-order chi connectivity index (χ1) is 5.34. The number of hydrogen-bond acceptors (Lipinski definition) is 2. The van der Waals surface area contributed by atoms with Gasteiger partial charge in [0.15, 0.2) is 0 Å². The SMILES string of the molecule is CCSCC1COCC[C@@H]1C. The van der Waals surface area contributed by atoms with Gasteiger partial charge in [0.25, 0.3) is 0 Å². The molecule has 2 heteroatoms. The van der Waals surface area contributed by atoms with E-state index in [4.69, 9.17) is 4.74 Å². The predicted octanol–water partition coefficient (Wildman–Crippen LogP) is 2.41. The lowest BCUT2D eigenvalue weighted by Gasteiger charge is -2.28. The monoisotopic (exact) mass is 174 g/mol. The lowest BCUT2D eigenvalue weighted by atomic mass is 9.92. The molecule has 1 rings (SSSR count). The van der Waals surface area contributed by atoms with Crippen LogP contribution in [0.2, 0.25) is 0 Å². The maximum absolute atomic E-state index is 5.44. The summed E-state index contributed by atoms with van der Waals surface area (Å²) in [4.78, 5) is 0. The van der Waals surface area contributed by atoms with Crippen molar-refractivity contribution in [3.8, 4) is 0 Å². The summed E-state index contributed by atoms with van der Waals surface area (Å²) < 4.78 is 5.44. The molecule has 1 unspecified atom stereocenters. The third-order valence-corrected chi connectivity index (χ3v) is 3.46. The summed E-state index contributed by atoms with van der Waals surface area (Å²) in [6.07, 6.45) is 1.26. The quantitative estimate of drug-likeness (QED) is 0.650. The molecule has 0 aromatic rings. The highest BCUT2D eigenvalue weighted by atomic mass is 32.2. The van der Waals surface area contributed by atoms with Gasteiger partial charge in [0.2, 0.25) is 0 Å². The summed E-state index contributed by atoms with van der Waals surface area (Å²) in [7, 11) is 0. The molecule has 1 fully saturated rings. The number of hydrogen-bond donors (Lipinski definition) is 0. The van der Waals surface area contributed by atoms with Gasteiger partial charge >= 0.3 is 0 Å². The Balaban J connectivity index is 2.18. The van der Waals surface area contributed by atoms with E-state index in [0.717, 1.165) is 25.0 Å². The highest BCUT2D eigenvalue weighted by Crippen LogP contribution is 2.24. The molecule has 1 aliphatic rings. The van der Waals surface area contributed by atoms with Gasteiger partial charge in [-0.3, -0.25) is 0 Å². The van der Waals surface area contributed by atoms with E-state index in [0.29, 0.717) is 0 Å². The molecule has 0 N–H and O–H groups in total. The fraction of sp³-hybridized carbons (Fsp3) is 1.00. The summed E-state index contributed by atoms with van der Waals surface area (Å²) in [6.45, 7) is 6.55. The fourth-order valence-corrected chi connectivity index (χ4v) is 2.35. The van der Waals surface area contributed by atoms with Gasteiger partial charge in [-0.25, -0.2) is 0 Å². The smallest absolute Gasteiger partial charge is 0.0504 e. The number of thioether (sulfide) groups is 1. The molecule has 0 amide bonds. The van der Waals surface area contributed by atoms with Crippen LogP contribution in [0.5, 0.6) is 0 Å². The van der Waals surface area contributed by atoms with Crippen molar-refractivity contribution in [2.45, 2.75) is 20.3 Å². The molecule has 66 valence electrons. The van der Waals surface area contributed by atoms with Gasteiger partial charge in [0, 0.05) is 6.61 Å². The summed E-state index contributed by atoms with van der Waals surface area (Å²) in [5.41, 5.74) is 0. The van der Waals surface area contributed by atoms with Crippen LogP contribution in [0.4, 0.5) is 0 Å². The summed E-state index contributed by atoms with van der Waals surface area (Å²) in [6, 6.07) is 0. The lowest BCUT2D eigenvalue weighted by Crippen LogP contribution is -2.27. The van der Waals surface area contributed by atoms with Crippen molar-refractivity contribution in [1.82, 2.24) is 0 Å². The summed E-state index contributed by atoms with van der Waals surface area (Å²) in [5.74, 6) is 4.22. The zero-order valence-corrected chi connectivity index (χ0v) is 8.32. The normalized spacial score (nSPS) is 32.2. The van der Waals surface area contributed by atoms with Gasteiger partial charge in [-0.05, 0) is 29.8 Å². The molecule has 11 heavy (non-hydrogen) atoms. The summed E-state index contributed by atoms with van der Waals surface area (Å²) >= 11 is 2.04. The Bertz CT molecular complexity index is 106. The average Bonchev–Trinajstić information content (AvgIpc) is 2.03. The first-order valence-electron chi connectivity index (χ1n) is 4.50. The van der Waals surface area contributed by atoms with E-state index in [1.807, 2.05) is 11.8 Å². The van der Waals surface area contributed by atoms with Crippen molar-refractivity contribution < 1.29 is 4.74 Å². The van der Waals surface area contributed by atoms with Crippen LogP contribution in [0, 0.1) is 11.8 Å². The van der Waals surface area contributed by atoms with Crippen LogP contribution in [0.25, 0.3) is 0 Å². The van der Waals surface area contributed by atoms with E-state index in [-0.39, 0.29) is 0 Å². The molecule has 1 nitrogen and oxygen atoms in total. The number of ether oxygens (including phenoxy) is 1. The summed E-state index contributed by atoms with van der Waals surface area (Å²) in [5, 5.41) is 0. The Hall–Kier alpha value is 0.310. The molecular weight excluding hydrogens is 156 g/mol. The average molecular weight is 174 g/mol. The molecule has 0 spiro atoms. The third-order valence-electron chi connectivity index (χ3n) is 2.39. The van der Waals surface area contributed by atoms with Crippen molar-refractivity contribution >= 4 is 11.8 Å². The van der Waals surface area contributed by atoms with Gasteiger partial charge in [0.05, 0.1) is 6.61 Å². The second-order valence-electron chi connectivity index (χ2n) is 3.26. The van der Waals surface area contributed by atoms with E-state index in [2.05, 4.69) is 13.8 Å². The van der Waals surface area contributed by atoms with Gasteiger partial charge in [0.1, 0.15) is 0 Å². The third kappa shape index (κ3) is 3.04. The molecule has 1 saturated heterocycles.